The molecule has 2 rings (SSSR count). The van der Waals surface area contributed by atoms with Gasteiger partial charge in [-0.25, -0.2) is 0 Å². The molecule has 1 aromatic rings. The molecule has 0 bridgehead atoms. The lowest BCUT2D eigenvalue weighted by Crippen LogP contribution is -2.58. The molecule has 8 heteroatoms. The molecule has 1 aliphatic heterocycles. The van der Waals surface area contributed by atoms with Gasteiger partial charge in [0.2, 0.25) is 5.91 Å². The lowest BCUT2D eigenvalue weighted by Gasteiger charge is -2.33. The number of nitrogens with two attached hydrogens (primary N) is 1. The maximum absolute atomic E-state index is 12.2. The summed E-state index contributed by atoms with van der Waals surface area (Å²) in [4.78, 5) is 27.6. The van der Waals surface area contributed by atoms with Crippen LogP contribution in [0.15, 0.2) is 6.07 Å². The number of halogens is 2. The SMILES string of the molecule is NC(=O)C1CNCCN1C(=O)c1cc(Cl)c(Cl)[nH]1. The molecular weight excluding hydrogens is 279 g/mol. The molecule has 2 heterocycles. The van der Waals surface area contributed by atoms with Crippen LogP contribution >= 0.6 is 23.2 Å². The Labute approximate surface area is 113 Å². The van der Waals surface area contributed by atoms with Gasteiger partial charge in [0.1, 0.15) is 16.9 Å². The van der Waals surface area contributed by atoms with Gasteiger partial charge in [0.25, 0.3) is 5.91 Å². The van der Waals surface area contributed by atoms with Crippen molar-refractivity contribution < 1.29 is 9.59 Å². The molecule has 1 aromatic heterocycles. The highest BCUT2D eigenvalue weighted by Gasteiger charge is 2.32. The number of H-pyrrole nitrogens is 1. The van der Waals surface area contributed by atoms with E-state index < -0.39 is 11.9 Å². The minimum atomic E-state index is -0.660. The van der Waals surface area contributed by atoms with Crippen molar-refractivity contribution >= 4 is 35.0 Å². The zero-order chi connectivity index (χ0) is 13.3. The summed E-state index contributed by atoms with van der Waals surface area (Å²) >= 11 is 11.5. The molecule has 1 atom stereocenters. The zero-order valence-electron chi connectivity index (χ0n) is 9.37. The molecule has 1 unspecified atom stereocenters. The summed E-state index contributed by atoms with van der Waals surface area (Å²) in [7, 11) is 0. The topological polar surface area (TPSA) is 91.2 Å². The molecule has 1 aliphatic rings. The van der Waals surface area contributed by atoms with E-state index in [9.17, 15) is 9.59 Å². The molecule has 0 saturated carbocycles. The van der Waals surface area contributed by atoms with Crippen LogP contribution in [-0.4, -0.2) is 47.4 Å². The van der Waals surface area contributed by atoms with E-state index in [-0.39, 0.29) is 21.8 Å². The maximum Gasteiger partial charge on any atom is 0.271 e. The van der Waals surface area contributed by atoms with Gasteiger partial charge in [-0.1, -0.05) is 23.2 Å². The van der Waals surface area contributed by atoms with E-state index >= 15 is 0 Å². The fraction of sp³-hybridized carbons (Fsp3) is 0.400. The van der Waals surface area contributed by atoms with Crippen molar-refractivity contribution in [2.24, 2.45) is 5.73 Å². The third-order valence-electron chi connectivity index (χ3n) is 2.79. The Kier molecular flexibility index (Phi) is 3.79. The average molecular weight is 291 g/mol. The van der Waals surface area contributed by atoms with Gasteiger partial charge < -0.3 is 20.9 Å². The number of amides is 2. The summed E-state index contributed by atoms with van der Waals surface area (Å²) in [6.45, 7) is 1.36. The van der Waals surface area contributed by atoms with Gasteiger partial charge in [-0.3, -0.25) is 9.59 Å². The van der Waals surface area contributed by atoms with Crippen molar-refractivity contribution in [1.82, 2.24) is 15.2 Å². The van der Waals surface area contributed by atoms with Crippen molar-refractivity contribution in [2.75, 3.05) is 19.6 Å². The number of hydrogen-bond acceptors (Lipinski definition) is 3. The first-order valence-corrected chi connectivity index (χ1v) is 6.11. The molecule has 0 radical (unpaired) electrons. The van der Waals surface area contributed by atoms with E-state index in [1.54, 1.807) is 0 Å². The molecule has 1 fully saturated rings. The zero-order valence-corrected chi connectivity index (χ0v) is 10.9. The molecule has 6 nitrogen and oxygen atoms in total. The third-order valence-corrected chi connectivity index (χ3v) is 3.48. The Morgan fingerprint density at radius 1 is 1.44 bits per heavy atom. The summed E-state index contributed by atoms with van der Waals surface area (Å²) in [6.07, 6.45) is 0. The van der Waals surface area contributed by atoms with Gasteiger partial charge in [-0.15, -0.1) is 0 Å². The van der Waals surface area contributed by atoms with Crippen molar-refractivity contribution in [3.05, 3.63) is 21.9 Å². The normalized spacial score (nSPS) is 19.9. The highest BCUT2D eigenvalue weighted by Crippen LogP contribution is 2.23. The van der Waals surface area contributed by atoms with Crippen molar-refractivity contribution in [1.29, 1.82) is 0 Å². The molecule has 1 saturated heterocycles. The van der Waals surface area contributed by atoms with E-state index in [0.717, 1.165) is 0 Å². The largest absolute Gasteiger partial charge is 0.368 e. The van der Waals surface area contributed by atoms with Gasteiger partial charge in [0.05, 0.1) is 5.02 Å². The second-order valence-corrected chi connectivity index (χ2v) is 4.75. The number of rotatable bonds is 2. The van der Waals surface area contributed by atoms with E-state index in [0.29, 0.717) is 19.6 Å². The van der Waals surface area contributed by atoms with Crippen LogP contribution in [-0.2, 0) is 4.79 Å². The van der Waals surface area contributed by atoms with Crippen LogP contribution in [0.25, 0.3) is 0 Å². The Morgan fingerprint density at radius 2 is 2.17 bits per heavy atom. The van der Waals surface area contributed by atoms with Crippen LogP contribution in [0.2, 0.25) is 10.2 Å². The molecule has 18 heavy (non-hydrogen) atoms. The highest BCUT2D eigenvalue weighted by atomic mass is 35.5. The van der Waals surface area contributed by atoms with E-state index in [2.05, 4.69) is 10.3 Å². The monoisotopic (exact) mass is 290 g/mol. The molecule has 4 N–H and O–H groups in total. The molecule has 2 amide bonds. The maximum atomic E-state index is 12.2. The number of carbonyl (C=O) groups is 2. The summed E-state index contributed by atoms with van der Waals surface area (Å²) in [6, 6.07) is 0.777. The average Bonchev–Trinajstić information content (AvgIpc) is 2.68. The van der Waals surface area contributed by atoms with Gasteiger partial charge >= 0.3 is 0 Å². The Balaban J connectivity index is 2.23. The number of nitrogens with zero attached hydrogens (tertiary/aromatic N) is 1. The second-order valence-electron chi connectivity index (χ2n) is 3.97. The van der Waals surface area contributed by atoms with Crippen molar-refractivity contribution in [2.45, 2.75) is 6.04 Å². The fourth-order valence-corrected chi connectivity index (χ4v) is 2.19. The highest BCUT2D eigenvalue weighted by molar-refractivity contribution is 6.41. The van der Waals surface area contributed by atoms with Crippen LogP contribution in [0.5, 0.6) is 0 Å². The first-order valence-electron chi connectivity index (χ1n) is 5.35. The summed E-state index contributed by atoms with van der Waals surface area (Å²) in [5.41, 5.74) is 5.52. The summed E-state index contributed by atoms with van der Waals surface area (Å²) < 4.78 is 0. The van der Waals surface area contributed by atoms with Gasteiger partial charge in [0.15, 0.2) is 0 Å². The van der Waals surface area contributed by atoms with E-state index in [1.807, 2.05) is 0 Å². The lowest BCUT2D eigenvalue weighted by molar-refractivity contribution is -0.122. The molecule has 0 aliphatic carbocycles. The van der Waals surface area contributed by atoms with Crippen LogP contribution in [0, 0.1) is 0 Å². The van der Waals surface area contributed by atoms with Crippen LogP contribution in [0.4, 0.5) is 0 Å². The predicted octanol–water partition coefficient (Wildman–Crippen LogP) is 0.221. The van der Waals surface area contributed by atoms with Crippen molar-refractivity contribution in [3.63, 3.8) is 0 Å². The Hall–Kier alpha value is -1.24. The fourth-order valence-electron chi connectivity index (χ4n) is 1.88. The minimum Gasteiger partial charge on any atom is -0.368 e. The standard InChI is InChI=1S/C10H12Cl2N4O2/c11-5-3-6(15-8(5)12)10(18)16-2-1-14-4-7(16)9(13)17/h3,7,14-15H,1-2,4H2,(H2,13,17). The second kappa shape index (κ2) is 5.17. The Bertz CT molecular complexity index is 469. The van der Waals surface area contributed by atoms with Gasteiger partial charge in [-0.05, 0) is 6.07 Å². The summed E-state index contributed by atoms with van der Waals surface area (Å²) in [5, 5.41) is 3.48. The lowest BCUT2D eigenvalue weighted by atomic mass is 10.1. The van der Waals surface area contributed by atoms with Crippen molar-refractivity contribution in [3.8, 4) is 0 Å². The number of aromatic amines is 1. The smallest absolute Gasteiger partial charge is 0.271 e. The molecular formula is C10H12Cl2N4O2. The number of aromatic nitrogens is 1. The predicted molar refractivity (Wildman–Crippen MR) is 67.7 cm³/mol. The molecule has 0 aromatic carbocycles. The van der Waals surface area contributed by atoms with Gasteiger partial charge in [0, 0.05) is 19.6 Å². The van der Waals surface area contributed by atoms with Gasteiger partial charge in [-0.2, -0.15) is 0 Å². The number of piperazine rings is 1. The first kappa shape index (κ1) is 13.2. The number of hydrogen-bond donors (Lipinski definition) is 3. The molecule has 0 spiro atoms. The third kappa shape index (κ3) is 2.45. The van der Waals surface area contributed by atoms with E-state index in [4.69, 9.17) is 28.9 Å². The number of primary amides is 1. The quantitative estimate of drug-likeness (QED) is 0.728. The number of nitrogens with one attached hydrogen (secondary N) is 2. The van der Waals surface area contributed by atoms with Crippen LogP contribution in [0.1, 0.15) is 10.5 Å². The molecule has 98 valence electrons. The first-order chi connectivity index (χ1) is 8.50. The Morgan fingerprint density at radius 3 is 2.72 bits per heavy atom. The van der Waals surface area contributed by atoms with Crippen LogP contribution in [0.3, 0.4) is 0 Å². The minimum absolute atomic E-state index is 0.200. The summed E-state index contributed by atoms with van der Waals surface area (Å²) in [5.74, 6) is -0.881. The van der Waals surface area contributed by atoms with Crippen LogP contribution < -0.4 is 11.1 Å². The van der Waals surface area contributed by atoms with E-state index in [1.165, 1.54) is 11.0 Å². The number of carbonyl (C=O) groups excluding carboxylic acids is 2.